The summed E-state index contributed by atoms with van der Waals surface area (Å²) in [5.74, 6) is -0.284. The minimum Gasteiger partial charge on any atom is -0.485 e. The van der Waals surface area contributed by atoms with E-state index in [2.05, 4.69) is 15.9 Å². The van der Waals surface area contributed by atoms with Gasteiger partial charge in [0, 0.05) is 4.47 Å². The van der Waals surface area contributed by atoms with Crippen molar-refractivity contribution < 1.29 is 14.2 Å². The van der Waals surface area contributed by atoms with Crippen LogP contribution in [0.4, 0.5) is 4.39 Å². The van der Waals surface area contributed by atoms with Gasteiger partial charge in [0.2, 0.25) is 0 Å². The molecule has 0 bridgehead atoms. The van der Waals surface area contributed by atoms with E-state index >= 15 is 0 Å². The van der Waals surface area contributed by atoms with E-state index in [9.17, 15) is 9.50 Å². The van der Waals surface area contributed by atoms with Crippen molar-refractivity contribution in [2.45, 2.75) is 26.1 Å². The van der Waals surface area contributed by atoms with Crippen LogP contribution in [0, 0.1) is 5.82 Å². The molecule has 14 heavy (non-hydrogen) atoms. The maximum Gasteiger partial charge on any atom is 0.166 e. The summed E-state index contributed by atoms with van der Waals surface area (Å²) < 4.78 is 19.1. The summed E-state index contributed by atoms with van der Waals surface area (Å²) >= 11 is 3.15. The number of rotatable bonds is 3. The predicted octanol–water partition coefficient (Wildman–Crippen LogP) is 2.74. The average molecular weight is 263 g/mol. The molecule has 2 atom stereocenters. The van der Waals surface area contributed by atoms with Crippen molar-refractivity contribution in [3.63, 3.8) is 0 Å². The minimum atomic E-state index is -0.627. The molecule has 0 aromatic heterocycles. The van der Waals surface area contributed by atoms with Crippen molar-refractivity contribution in [1.29, 1.82) is 0 Å². The second kappa shape index (κ2) is 4.75. The van der Waals surface area contributed by atoms with Crippen LogP contribution >= 0.6 is 15.9 Å². The van der Waals surface area contributed by atoms with Crippen LogP contribution in [0.5, 0.6) is 5.75 Å². The third-order valence-electron chi connectivity index (χ3n) is 1.89. The van der Waals surface area contributed by atoms with Crippen LogP contribution in [0.15, 0.2) is 22.7 Å². The first kappa shape index (κ1) is 11.5. The van der Waals surface area contributed by atoms with Gasteiger partial charge in [-0.05, 0) is 32.0 Å². The molecular formula is C10H12BrFO2. The highest BCUT2D eigenvalue weighted by Crippen LogP contribution is 2.22. The molecule has 0 aliphatic carbocycles. The standard InChI is InChI=1S/C10H12BrFO2/c1-6(13)7(2)14-10-4-3-8(11)5-9(10)12/h3-7,13H,1-2H3. The van der Waals surface area contributed by atoms with Gasteiger partial charge in [0.1, 0.15) is 6.10 Å². The quantitative estimate of drug-likeness (QED) is 0.908. The summed E-state index contributed by atoms with van der Waals surface area (Å²) in [5, 5.41) is 9.17. The molecule has 0 aliphatic rings. The number of hydrogen-bond acceptors (Lipinski definition) is 2. The molecule has 1 aromatic rings. The molecule has 0 radical (unpaired) electrons. The van der Waals surface area contributed by atoms with Crippen molar-refractivity contribution in [1.82, 2.24) is 0 Å². The van der Waals surface area contributed by atoms with Gasteiger partial charge in [-0.1, -0.05) is 15.9 Å². The molecule has 78 valence electrons. The highest BCUT2D eigenvalue weighted by Gasteiger charge is 2.12. The van der Waals surface area contributed by atoms with Gasteiger partial charge < -0.3 is 9.84 Å². The van der Waals surface area contributed by atoms with Crippen LogP contribution in [0.2, 0.25) is 0 Å². The van der Waals surface area contributed by atoms with Crippen molar-refractivity contribution in [3.8, 4) is 5.75 Å². The molecule has 0 aliphatic heterocycles. The van der Waals surface area contributed by atoms with Crippen LogP contribution in [0.1, 0.15) is 13.8 Å². The Balaban J connectivity index is 2.77. The molecule has 1 N–H and O–H groups in total. The van der Waals surface area contributed by atoms with E-state index < -0.39 is 18.0 Å². The summed E-state index contributed by atoms with van der Waals surface area (Å²) in [4.78, 5) is 0. The van der Waals surface area contributed by atoms with Gasteiger partial charge in [0.25, 0.3) is 0 Å². The Morgan fingerprint density at radius 3 is 2.57 bits per heavy atom. The third kappa shape index (κ3) is 2.96. The first-order valence-electron chi connectivity index (χ1n) is 4.30. The Bertz CT molecular complexity index is 315. The summed E-state index contributed by atoms with van der Waals surface area (Å²) in [7, 11) is 0. The van der Waals surface area contributed by atoms with Gasteiger partial charge in [-0.3, -0.25) is 0 Å². The summed E-state index contributed by atoms with van der Waals surface area (Å²) in [6.07, 6.45) is -1.05. The molecular weight excluding hydrogens is 251 g/mol. The van der Waals surface area contributed by atoms with E-state index in [1.165, 1.54) is 12.1 Å². The van der Waals surface area contributed by atoms with E-state index in [4.69, 9.17) is 4.74 Å². The van der Waals surface area contributed by atoms with Crippen molar-refractivity contribution in [2.24, 2.45) is 0 Å². The number of hydrogen-bond donors (Lipinski definition) is 1. The molecule has 1 rings (SSSR count). The molecule has 0 fully saturated rings. The molecule has 0 saturated carbocycles. The monoisotopic (exact) mass is 262 g/mol. The molecule has 2 unspecified atom stereocenters. The van der Waals surface area contributed by atoms with Crippen molar-refractivity contribution >= 4 is 15.9 Å². The van der Waals surface area contributed by atoms with Crippen LogP contribution in [-0.4, -0.2) is 17.3 Å². The predicted molar refractivity (Wildman–Crippen MR) is 55.9 cm³/mol. The minimum absolute atomic E-state index is 0.154. The van der Waals surface area contributed by atoms with E-state index in [1.807, 2.05) is 0 Å². The molecule has 0 heterocycles. The fraction of sp³-hybridized carbons (Fsp3) is 0.400. The lowest BCUT2D eigenvalue weighted by Gasteiger charge is -2.17. The van der Waals surface area contributed by atoms with E-state index in [-0.39, 0.29) is 5.75 Å². The number of halogens is 2. The molecule has 0 spiro atoms. The maximum atomic E-state index is 13.2. The molecule has 0 amide bonds. The van der Waals surface area contributed by atoms with Gasteiger partial charge >= 0.3 is 0 Å². The highest BCUT2D eigenvalue weighted by molar-refractivity contribution is 9.10. The Hall–Kier alpha value is -0.610. The summed E-state index contributed by atoms with van der Waals surface area (Å²) in [6, 6.07) is 4.54. The van der Waals surface area contributed by atoms with Gasteiger partial charge in [-0.25, -0.2) is 4.39 Å². The number of ether oxygens (including phenoxy) is 1. The number of aliphatic hydroxyl groups is 1. The normalized spacial score (nSPS) is 14.9. The van der Waals surface area contributed by atoms with Gasteiger partial charge in [-0.15, -0.1) is 0 Å². The first-order valence-corrected chi connectivity index (χ1v) is 5.10. The number of aliphatic hydroxyl groups excluding tert-OH is 1. The fourth-order valence-electron chi connectivity index (χ4n) is 0.870. The Morgan fingerprint density at radius 1 is 1.43 bits per heavy atom. The van der Waals surface area contributed by atoms with E-state index in [0.29, 0.717) is 4.47 Å². The molecule has 0 saturated heterocycles. The lowest BCUT2D eigenvalue weighted by molar-refractivity contribution is 0.0579. The first-order chi connectivity index (χ1) is 6.50. The molecule has 4 heteroatoms. The van der Waals surface area contributed by atoms with Crippen LogP contribution in [0.3, 0.4) is 0 Å². The zero-order valence-electron chi connectivity index (χ0n) is 8.00. The topological polar surface area (TPSA) is 29.5 Å². The largest absolute Gasteiger partial charge is 0.485 e. The fourth-order valence-corrected chi connectivity index (χ4v) is 1.20. The average Bonchev–Trinajstić information content (AvgIpc) is 2.09. The zero-order chi connectivity index (χ0) is 10.7. The highest BCUT2D eigenvalue weighted by atomic mass is 79.9. The Morgan fingerprint density at radius 2 is 2.07 bits per heavy atom. The zero-order valence-corrected chi connectivity index (χ0v) is 9.58. The molecule has 2 nitrogen and oxygen atoms in total. The van der Waals surface area contributed by atoms with Crippen LogP contribution < -0.4 is 4.74 Å². The van der Waals surface area contributed by atoms with Crippen molar-refractivity contribution in [2.75, 3.05) is 0 Å². The third-order valence-corrected chi connectivity index (χ3v) is 2.38. The van der Waals surface area contributed by atoms with E-state index in [1.54, 1.807) is 19.9 Å². The van der Waals surface area contributed by atoms with Crippen LogP contribution in [0.25, 0.3) is 0 Å². The second-order valence-electron chi connectivity index (χ2n) is 3.14. The lowest BCUT2D eigenvalue weighted by Crippen LogP contribution is -2.25. The summed E-state index contributed by atoms with van der Waals surface area (Å²) in [6.45, 7) is 3.29. The Kier molecular flexibility index (Phi) is 3.89. The van der Waals surface area contributed by atoms with Gasteiger partial charge in [-0.2, -0.15) is 0 Å². The maximum absolute atomic E-state index is 13.2. The summed E-state index contributed by atoms with van der Waals surface area (Å²) in [5.41, 5.74) is 0. The smallest absolute Gasteiger partial charge is 0.166 e. The van der Waals surface area contributed by atoms with Crippen molar-refractivity contribution in [3.05, 3.63) is 28.5 Å². The van der Waals surface area contributed by atoms with Gasteiger partial charge in [0.05, 0.1) is 6.10 Å². The SMILES string of the molecule is CC(O)C(C)Oc1ccc(Br)cc1F. The lowest BCUT2D eigenvalue weighted by atomic mass is 10.2. The second-order valence-corrected chi connectivity index (χ2v) is 4.05. The van der Waals surface area contributed by atoms with Gasteiger partial charge in [0.15, 0.2) is 11.6 Å². The van der Waals surface area contributed by atoms with E-state index in [0.717, 1.165) is 0 Å². The molecule has 1 aromatic carbocycles. The Labute approximate surface area is 90.8 Å². The number of benzene rings is 1. The van der Waals surface area contributed by atoms with Crippen LogP contribution in [-0.2, 0) is 0 Å².